The monoisotopic (exact) mass is 218 g/mol. The maximum atomic E-state index is 5.54. The highest BCUT2D eigenvalue weighted by molar-refractivity contribution is 5.64. The van der Waals surface area contributed by atoms with Crippen LogP contribution >= 0.6 is 0 Å². The van der Waals surface area contributed by atoms with Crippen molar-refractivity contribution in [3.05, 3.63) is 35.9 Å². The van der Waals surface area contributed by atoms with E-state index in [0.717, 1.165) is 11.1 Å². The van der Waals surface area contributed by atoms with E-state index in [1.807, 2.05) is 31.2 Å². The number of hydrogen-bond acceptors (Lipinski definition) is 4. The van der Waals surface area contributed by atoms with E-state index in [9.17, 15) is 0 Å². The summed E-state index contributed by atoms with van der Waals surface area (Å²) in [6, 6.07) is 9.59. The number of nitrogen functional groups attached to an aromatic ring is 1. The van der Waals surface area contributed by atoms with Crippen molar-refractivity contribution in [1.29, 1.82) is 0 Å². The van der Waals surface area contributed by atoms with Gasteiger partial charge in [-0.1, -0.05) is 29.4 Å². The van der Waals surface area contributed by atoms with E-state index in [-0.39, 0.29) is 6.10 Å². The van der Waals surface area contributed by atoms with Crippen molar-refractivity contribution in [2.45, 2.75) is 13.0 Å². The molecule has 0 amide bonds. The van der Waals surface area contributed by atoms with Crippen molar-refractivity contribution in [2.24, 2.45) is 0 Å². The van der Waals surface area contributed by atoms with Crippen molar-refractivity contribution in [3.63, 3.8) is 0 Å². The summed E-state index contributed by atoms with van der Waals surface area (Å²) in [6.45, 7) is 1.98. The first kappa shape index (κ1) is 10.7. The molecule has 16 heavy (non-hydrogen) atoms. The van der Waals surface area contributed by atoms with Crippen LogP contribution in [0, 0.1) is 0 Å². The molecule has 1 aromatic carbocycles. The van der Waals surface area contributed by atoms with Gasteiger partial charge in [0.1, 0.15) is 0 Å². The Morgan fingerprint density at radius 1 is 1.38 bits per heavy atom. The molecule has 1 heterocycles. The topological polar surface area (TPSA) is 61.3 Å². The van der Waals surface area contributed by atoms with Crippen LogP contribution in [0.15, 0.2) is 34.9 Å². The summed E-state index contributed by atoms with van der Waals surface area (Å²) in [7, 11) is 1.68. The Morgan fingerprint density at radius 2 is 2.12 bits per heavy atom. The number of rotatable bonds is 3. The number of anilines is 1. The summed E-state index contributed by atoms with van der Waals surface area (Å²) >= 11 is 0. The predicted octanol–water partition coefficient (Wildman–Crippen LogP) is 2.63. The molecule has 2 rings (SSSR count). The summed E-state index contributed by atoms with van der Waals surface area (Å²) in [5.41, 5.74) is 7.55. The van der Waals surface area contributed by atoms with Gasteiger partial charge in [0, 0.05) is 18.7 Å². The second-order valence-corrected chi connectivity index (χ2v) is 3.58. The van der Waals surface area contributed by atoms with E-state index < -0.39 is 0 Å². The van der Waals surface area contributed by atoms with Gasteiger partial charge in [0.15, 0.2) is 11.6 Å². The Labute approximate surface area is 94.0 Å². The Kier molecular flexibility index (Phi) is 2.92. The summed E-state index contributed by atoms with van der Waals surface area (Å²) in [6.07, 6.45) is 0.00234. The lowest BCUT2D eigenvalue weighted by Gasteiger charge is -2.12. The molecule has 2 aromatic rings. The van der Waals surface area contributed by atoms with Crippen LogP contribution < -0.4 is 5.73 Å². The number of benzene rings is 1. The van der Waals surface area contributed by atoms with Gasteiger partial charge in [0.25, 0.3) is 0 Å². The molecule has 0 fully saturated rings. The average molecular weight is 218 g/mol. The van der Waals surface area contributed by atoms with Crippen LogP contribution in [0.3, 0.4) is 0 Å². The minimum Gasteiger partial charge on any atom is -0.381 e. The highest BCUT2D eigenvalue weighted by Crippen LogP contribution is 2.30. The molecular weight excluding hydrogens is 204 g/mol. The SMILES string of the molecule is COC(C)c1ccccc1-c1cc(N)no1. The van der Waals surface area contributed by atoms with Gasteiger partial charge < -0.3 is 15.0 Å². The number of aromatic nitrogens is 1. The largest absolute Gasteiger partial charge is 0.381 e. The van der Waals surface area contributed by atoms with Crippen LogP contribution in [0.5, 0.6) is 0 Å². The van der Waals surface area contributed by atoms with Crippen molar-refractivity contribution in [2.75, 3.05) is 12.8 Å². The minimum atomic E-state index is 0.00234. The highest BCUT2D eigenvalue weighted by atomic mass is 16.5. The van der Waals surface area contributed by atoms with Crippen molar-refractivity contribution in [3.8, 4) is 11.3 Å². The summed E-state index contributed by atoms with van der Waals surface area (Å²) in [5.74, 6) is 1.05. The fourth-order valence-electron chi connectivity index (χ4n) is 1.62. The van der Waals surface area contributed by atoms with E-state index in [2.05, 4.69) is 5.16 Å². The molecule has 0 radical (unpaired) electrons. The zero-order valence-corrected chi connectivity index (χ0v) is 9.31. The van der Waals surface area contributed by atoms with Crippen LogP contribution in [0.2, 0.25) is 0 Å². The van der Waals surface area contributed by atoms with Gasteiger partial charge in [-0.3, -0.25) is 0 Å². The lowest BCUT2D eigenvalue weighted by Crippen LogP contribution is -1.97. The molecule has 0 spiro atoms. The zero-order chi connectivity index (χ0) is 11.5. The summed E-state index contributed by atoms with van der Waals surface area (Å²) in [4.78, 5) is 0. The third-order valence-corrected chi connectivity index (χ3v) is 2.55. The quantitative estimate of drug-likeness (QED) is 0.860. The van der Waals surface area contributed by atoms with Crippen LogP contribution in [0.25, 0.3) is 11.3 Å². The second kappa shape index (κ2) is 4.37. The molecule has 1 aromatic heterocycles. The van der Waals surface area contributed by atoms with E-state index in [1.54, 1.807) is 13.2 Å². The molecule has 0 aliphatic rings. The lowest BCUT2D eigenvalue weighted by molar-refractivity contribution is 0.120. The van der Waals surface area contributed by atoms with Gasteiger partial charge in [0.2, 0.25) is 0 Å². The van der Waals surface area contributed by atoms with Gasteiger partial charge in [-0.15, -0.1) is 0 Å². The fourth-order valence-corrected chi connectivity index (χ4v) is 1.62. The molecule has 0 saturated heterocycles. The Balaban J connectivity index is 2.48. The molecule has 1 unspecified atom stereocenters. The average Bonchev–Trinajstić information content (AvgIpc) is 2.75. The van der Waals surface area contributed by atoms with E-state index in [4.69, 9.17) is 15.0 Å². The Morgan fingerprint density at radius 3 is 2.75 bits per heavy atom. The predicted molar refractivity (Wildman–Crippen MR) is 61.8 cm³/mol. The molecule has 0 aliphatic heterocycles. The van der Waals surface area contributed by atoms with Gasteiger partial charge in [-0.25, -0.2) is 0 Å². The van der Waals surface area contributed by atoms with E-state index >= 15 is 0 Å². The van der Waals surface area contributed by atoms with Gasteiger partial charge in [0.05, 0.1) is 6.10 Å². The number of nitrogens with zero attached hydrogens (tertiary/aromatic N) is 1. The van der Waals surface area contributed by atoms with E-state index in [0.29, 0.717) is 11.6 Å². The van der Waals surface area contributed by atoms with Gasteiger partial charge in [-0.05, 0) is 12.5 Å². The molecule has 0 saturated carbocycles. The minimum absolute atomic E-state index is 0.00234. The molecule has 1 atom stereocenters. The van der Waals surface area contributed by atoms with Crippen molar-refractivity contribution >= 4 is 5.82 Å². The maximum absolute atomic E-state index is 5.54. The molecule has 4 nitrogen and oxygen atoms in total. The Bertz CT molecular complexity index is 479. The molecule has 2 N–H and O–H groups in total. The second-order valence-electron chi connectivity index (χ2n) is 3.58. The van der Waals surface area contributed by atoms with Gasteiger partial charge in [-0.2, -0.15) is 0 Å². The molecule has 4 heteroatoms. The first-order valence-corrected chi connectivity index (χ1v) is 5.06. The summed E-state index contributed by atoms with van der Waals surface area (Å²) < 4.78 is 10.5. The molecule has 84 valence electrons. The van der Waals surface area contributed by atoms with Crippen LogP contribution in [-0.4, -0.2) is 12.3 Å². The standard InChI is InChI=1S/C12H14N2O2/c1-8(15-2)9-5-3-4-6-10(9)11-7-12(13)14-16-11/h3-8H,1-2H3,(H2,13,14). The third-order valence-electron chi connectivity index (χ3n) is 2.55. The van der Waals surface area contributed by atoms with Crippen LogP contribution in [0.1, 0.15) is 18.6 Å². The van der Waals surface area contributed by atoms with E-state index in [1.165, 1.54) is 0 Å². The highest BCUT2D eigenvalue weighted by Gasteiger charge is 2.13. The number of methoxy groups -OCH3 is 1. The van der Waals surface area contributed by atoms with Gasteiger partial charge >= 0.3 is 0 Å². The lowest BCUT2D eigenvalue weighted by atomic mass is 10.0. The number of nitrogens with two attached hydrogens (primary N) is 1. The molecule has 0 bridgehead atoms. The smallest absolute Gasteiger partial charge is 0.169 e. The normalized spacial score (nSPS) is 12.6. The zero-order valence-electron chi connectivity index (χ0n) is 9.31. The molecular formula is C12H14N2O2. The van der Waals surface area contributed by atoms with Crippen molar-refractivity contribution < 1.29 is 9.26 Å². The van der Waals surface area contributed by atoms with Crippen LogP contribution in [0.4, 0.5) is 5.82 Å². The first-order chi connectivity index (χ1) is 7.72. The fraction of sp³-hybridized carbons (Fsp3) is 0.250. The summed E-state index contributed by atoms with van der Waals surface area (Å²) in [5, 5.41) is 3.68. The molecule has 0 aliphatic carbocycles. The van der Waals surface area contributed by atoms with Crippen molar-refractivity contribution in [1.82, 2.24) is 5.16 Å². The Hall–Kier alpha value is -1.81. The first-order valence-electron chi connectivity index (χ1n) is 5.06. The number of hydrogen-bond donors (Lipinski definition) is 1. The maximum Gasteiger partial charge on any atom is 0.169 e. The third kappa shape index (κ3) is 1.92. The number of ether oxygens (including phenoxy) is 1. The van der Waals surface area contributed by atoms with Crippen LogP contribution in [-0.2, 0) is 4.74 Å².